The van der Waals surface area contributed by atoms with Crippen LogP contribution < -0.4 is 0 Å². The van der Waals surface area contributed by atoms with Gasteiger partial charge >= 0.3 is 17.9 Å². The second-order valence-electron chi connectivity index (χ2n) is 22.0. The number of rotatable bonds is 60. The molecule has 0 amide bonds. The first-order chi connectivity index (χ1) is 38.0. The number of ether oxygens (including phenoxy) is 3. The lowest BCUT2D eigenvalue weighted by Gasteiger charge is -2.18. The Hall–Kier alpha value is -3.41. The van der Waals surface area contributed by atoms with Gasteiger partial charge in [0.25, 0.3) is 0 Å². The molecule has 0 spiro atoms. The third-order valence-corrected chi connectivity index (χ3v) is 14.4. The fraction of sp³-hybridized carbons (Fsp3) is 0.761. The molecule has 1 atom stereocenters. The third kappa shape index (κ3) is 63.3. The van der Waals surface area contributed by atoms with Crippen LogP contribution in [0.3, 0.4) is 0 Å². The summed E-state index contributed by atoms with van der Waals surface area (Å²) in [5, 5.41) is 0. The van der Waals surface area contributed by atoms with Crippen molar-refractivity contribution in [3.63, 3.8) is 0 Å². The van der Waals surface area contributed by atoms with Crippen molar-refractivity contribution < 1.29 is 28.6 Å². The number of esters is 3. The van der Waals surface area contributed by atoms with E-state index in [2.05, 4.69) is 106 Å². The van der Waals surface area contributed by atoms with Gasteiger partial charge in [-0.3, -0.25) is 14.4 Å². The Labute approximate surface area is 477 Å². The fourth-order valence-electron chi connectivity index (χ4n) is 9.40. The normalized spacial score (nSPS) is 12.6. The molecule has 1 unspecified atom stereocenters. The quantitative estimate of drug-likeness (QED) is 0.0261. The van der Waals surface area contributed by atoms with Gasteiger partial charge in [-0.05, 0) is 116 Å². The van der Waals surface area contributed by atoms with Crippen LogP contribution in [0.2, 0.25) is 0 Å². The Morgan fingerprint density at radius 2 is 0.506 bits per heavy atom. The van der Waals surface area contributed by atoms with Crippen molar-refractivity contribution in [3.05, 3.63) is 85.1 Å². The van der Waals surface area contributed by atoms with Crippen LogP contribution in [-0.2, 0) is 28.6 Å². The van der Waals surface area contributed by atoms with Crippen molar-refractivity contribution in [2.75, 3.05) is 13.2 Å². The molecule has 6 heteroatoms. The van der Waals surface area contributed by atoms with E-state index in [-0.39, 0.29) is 31.1 Å². The molecule has 444 valence electrons. The van der Waals surface area contributed by atoms with E-state index in [1.807, 2.05) is 0 Å². The second kappa shape index (κ2) is 65.1. The minimum atomic E-state index is -0.786. The molecule has 0 aliphatic heterocycles. The zero-order valence-electron chi connectivity index (χ0n) is 51.0. The average molecular weight is 1070 g/mol. The van der Waals surface area contributed by atoms with E-state index in [9.17, 15) is 14.4 Å². The Morgan fingerprint density at radius 1 is 0.273 bits per heavy atom. The maximum atomic E-state index is 12.9. The first-order valence-corrected chi connectivity index (χ1v) is 33.1. The predicted octanol–water partition coefficient (Wildman–Crippen LogP) is 22.7. The van der Waals surface area contributed by atoms with Gasteiger partial charge < -0.3 is 14.2 Å². The van der Waals surface area contributed by atoms with E-state index >= 15 is 0 Å². The molecule has 0 aromatic carbocycles. The van der Waals surface area contributed by atoms with E-state index in [0.717, 1.165) is 103 Å². The van der Waals surface area contributed by atoms with Crippen LogP contribution in [0.4, 0.5) is 0 Å². The van der Waals surface area contributed by atoms with Gasteiger partial charge in [0.1, 0.15) is 13.2 Å². The van der Waals surface area contributed by atoms with E-state index in [1.54, 1.807) is 0 Å². The van der Waals surface area contributed by atoms with Gasteiger partial charge in [0.05, 0.1) is 0 Å². The lowest BCUT2D eigenvalue weighted by Crippen LogP contribution is -2.30. The van der Waals surface area contributed by atoms with Gasteiger partial charge in [-0.2, -0.15) is 0 Å². The number of unbranched alkanes of at least 4 members (excludes halogenated alkanes) is 35. The molecule has 0 saturated heterocycles. The molecule has 0 fully saturated rings. The minimum absolute atomic E-state index is 0.0819. The topological polar surface area (TPSA) is 78.9 Å². The smallest absolute Gasteiger partial charge is 0.306 e. The molecular weight excluding hydrogens is 949 g/mol. The fourth-order valence-corrected chi connectivity index (χ4v) is 9.40. The highest BCUT2D eigenvalue weighted by Crippen LogP contribution is 2.16. The molecule has 0 rings (SSSR count). The molecule has 0 radical (unpaired) electrons. The maximum absolute atomic E-state index is 12.9. The van der Waals surface area contributed by atoms with E-state index in [4.69, 9.17) is 14.2 Å². The summed E-state index contributed by atoms with van der Waals surface area (Å²) in [6.45, 7) is 6.52. The van der Waals surface area contributed by atoms with Gasteiger partial charge in [0, 0.05) is 19.3 Å². The monoisotopic (exact) mass is 1070 g/mol. The summed E-state index contributed by atoms with van der Waals surface area (Å²) in [7, 11) is 0. The zero-order valence-corrected chi connectivity index (χ0v) is 51.0. The van der Waals surface area contributed by atoms with Gasteiger partial charge in [0.2, 0.25) is 0 Å². The molecule has 0 aliphatic carbocycles. The Balaban J connectivity index is 4.24. The van der Waals surface area contributed by atoms with E-state index in [0.29, 0.717) is 19.3 Å². The summed E-state index contributed by atoms with van der Waals surface area (Å²) in [6.07, 6.45) is 86.0. The number of allylic oxidation sites excluding steroid dienone is 14. The first kappa shape index (κ1) is 73.6. The number of carbonyl (C=O) groups excluding carboxylic acids is 3. The van der Waals surface area contributed by atoms with Crippen molar-refractivity contribution in [2.24, 2.45) is 0 Å². The SMILES string of the molecule is CC/C=C\C/C=C\C/C=C\CCCCCCCCCC(=O)OC(COC(=O)CCCCCCC/C=C\CCCCCC)COC(=O)CCCCCCCCCCCCCCCC/C=C\C/C=C\C/C=C\CCCCCCC. The van der Waals surface area contributed by atoms with Gasteiger partial charge in [-0.15, -0.1) is 0 Å². The summed E-state index contributed by atoms with van der Waals surface area (Å²) < 4.78 is 16.9. The zero-order chi connectivity index (χ0) is 55.7. The summed E-state index contributed by atoms with van der Waals surface area (Å²) in [5.74, 6) is -0.889. The minimum Gasteiger partial charge on any atom is -0.462 e. The van der Waals surface area contributed by atoms with Crippen LogP contribution in [0, 0.1) is 0 Å². The Kier molecular flexibility index (Phi) is 62.2. The van der Waals surface area contributed by atoms with Crippen molar-refractivity contribution in [3.8, 4) is 0 Å². The molecule has 0 bridgehead atoms. The molecule has 0 saturated carbocycles. The summed E-state index contributed by atoms with van der Waals surface area (Å²) in [4.78, 5) is 38.3. The van der Waals surface area contributed by atoms with Gasteiger partial charge in [-0.1, -0.05) is 279 Å². The summed E-state index contributed by atoms with van der Waals surface area (Å²) >= 11 is 0. The highest BCUT2D eigenvalue weighted by Gasteiger charge is 2.19. The second-order valence-corrected chi connectivity index (χ2v) is 22.0. The molecule has 6 nitrogen and oxygen atoms in total. The molecule has 0 aromatic rings. The third-order valence-electron chi connectivity index (χ3n) is 14.4. The number of carbonyl (C=O) groups is 3. The summed E-state index contributed by atoms with van der Waals surface area (Å²) in [6, 6.07) is 0. The largest absolute Gasteiger partial charge is 0.462 e. The Bertz CT molecular complexity index is 1470. The molecule has 0 aromatic heterocycles. The van der Waals surface area contributed by atoms with Crippen LogP contribution in [0.15, 0.2) is 85.1 Å². The van der Waals surface area contributed by atoms with Gasteiger partial charge in [0.15, 0.2) is 6.10 Å². The van der Waals surface area contributed by atoms with Crippen molar-refractivity contribution in [1.82, 2.24) is 0 Å². The standard InChI is InChI=1S/C71H124O6/c1-4-7-10-13-16-19-22-25-27-29-30-31-32-33-34-35-36-37-38-39-40-42-43-46-49-52-55-58-61-64-70(73)76-67-68(66-75-69(72)63-60-57-54-51-48-45-24-21-18-15-12-9-6-3)77-71(74)65-62-59-56-53-50-47-44-41-28-26-23-20-17-14-11-8-5-2/h8,11,17,20-22,24-26,28-30,32-33,68H,4-7,9-10,12-16,18-19,23,27,31,34-67H2,1-3H3/b11-8-,20-17-,24-21-,25-22-,28-26-,30-29-,33-32-. The van der Waals surface area contributed by atoms with E-state index in [1.165, 1.54) is 186 Å². The lowest BCUT2D eigenvalue weighted by atomic mass is 10.0. The number of hydrogen-bond acceptors (Lipinski definition) is 6. The molecule has 77 heavy (non-hydrogen) atoms. The van der Waals surface area contributed by atoms with Crippen LogP contribution in [-0.4, -0.2) is 37.2 Å². The highest BCUT2D eigenvalue weighted by atomic mass is 16.6. The molecule has 0 N–H and O–H groups in total. The molecule has 0 aliphatic rings. The van der Waals surface area contributed by atoms with Crippen LogP contribution >= 0.6 is 0 Å². The van der Waals surface area contributed by atoms with Crippen molar-refractivity contribution in [2.45, 2.75) is 335 Å². The highest BCUT2D eigenvalue weighted by molar-refractivity contribution is 5.71. The molecule has 0 heterocycles. The van der Waals surface area contributed by atoms with E-state index < -0.39 is 6.10 Å². The molecular formula is C71H124O6. The predicted molar refractivity (Wildman–Crippen MR) is 334 cm³/mol. The lowest BCUT2D eigenvalue weighted by molar-refractivity contribution is -0.167. The van der Waals surface area contributed by atoms with Crippen molar-refractivity contribution in [1.29, 1.82) is 0 Å². The van der Waals surface area contributed by atoms with Crippen LogP contribution in [0.1, 0.15) is 329 Å². The summed E-state index contributed by atoms with van der Waals surface area (Å²) in [5.41, 5.74) is 0. The van der Waals surface area contributed by atoms with Crippen LogP contribution in [0.5, 0.6) is 0 Å². The van der Waals surface area contributed by atoms with Crippen molar-refractivity contribution >= 4 is 17.9 Å². The van der Waals surface area contributed by atoms with Crippen LogP contribution in [0.25, 0.3) is 0 Å². The maximum Gasteiger partial charge on any atom is 0.306 e. The van der Waals surface area contributed by atoms with Gasteiger partial charge in [-0.25, -0.2) is 0 Å². The number of hydrogen-bond donors (Lipinski definition) is 0. The first-order valence-electron chi connectivity index (χ1n) is 33.1. The Morgan fingerprint density at radius 3 is 0.818 bits per heavy atom. The average Bonchev–Trinajstić information content (AvgIpc) is 3.43.